The molecule has 1 aromatic rings. The molecule has 0 aliphatic rings. The van der Waals surface area contributed by atoms with E-state index in [1.165, 1.54) is 0 Å². The van der Waals surface area contributed by atoms with Crippen LogP contribution in [0.15, 0.2) is 12.3 Å². The van der Waals surface area contributed by atoms with Gasteiger partial charge in [-0.25, -0.2) is 4.98 Å². The van der Waals surface area contributed by atoms with Gasteiger partial charge in [0.05, 0.1) is 0 Å². The first-order chi connectivity index (χ1) is 5.75. The van der Waals surface area contributed by atoms with Gasteiger partial charge >= 0.3 is 0 Å². The smallest absolute Gasteiger partial charge is 0.233 e. The molecule has 0 aliphatic heterocycles. The monoisotopic (exact) mass is 181 g/mol. The SMILES string of the molecule is C#CCOc1nccc(C)c1Cl. The minimum absolute atomic E-state index is 0.191. The molecule has 0 saturated carbocycles. The number of hydrogen-bond donors (Lipinski definition) is 0. The highest BCUT2D eigenvalue weighted by molar-refractivity contribution is 6.32. The van der Waals surface area contributed by atoms with Crippen molar-refractivity contribution >= 4 is 11.6 Å². The van der Waals surface area contributed by atoms with Crippen molar-refractivity contribution in [1.29, 1.82) is 0 Å². The number of aryl methyl sites for hydroxylation is 1. The fraction of sp³-hybridized carbons (Fsp3) is 0.222. The summed E-state index contributed by atoms with van der Waals surface area (Å²) >= 11 is 5.87. The average molecular weight is 182 g/mol. The van der Waals surface area contributed by atoms with Crippen LogP contribution in [-0.4, -0.2) is 11.6 Å². The molecule has 3 heteroatoms. The first kappa shape index (κ1) is 8.89. The molecule has 0 saturated heterocycles. The maximum Gasteiger partial charge on any atom is 0.233 e. The Bertz CT molecular complexity index is 317. The molecule has 0 radical (unpaired) electrons. The van der Waals surface area contributed by atoms with Crippen LogP contribution in [0.5, 0.6) is 5.88 Å². The summed E-state index contributed by atoms with van der Waals surface area (Å²) in [5.41, 5.74) is 0.929. The second-order valence-corrected chi connectivity index (χ2v) is 2.62. The Labute approximate surface area is 76.5 Å². The van der Waals surface area contributed by atoms with Gasteiger partial charge in [-0.3, -0.25) is 0 Å². The second kappa shape index (κ2) is 3.99. The highest BCUT2D eigenvalue weighted by atomic mass is 35.5. The minimum Gasteiger partial charge on any atom is -0.463 e. The van der Waals surface area contributed by atoms with Crippen LogP contribution in [0, 0.1) is 19.3 Å². The molecule has 0 atom stereocenters. The van der Waals surface area contributed by atoms with Gasteiger partial charge in [0, 0.05) is 6.20 Å². The summed E-state index contributed by atoms with van der Waals surface area (Å²) in [6, 6.07) is 1.81. The molecule has 0 aliphatic carbocycles. The Kier molecular flexibility index (Phi) is 2.95. The zero-order valence-electron chi connectivity index (χ0n) is 6.67. The number of terminal acetylenes is 1. The van der Waals surface area contributed by atoms with E-state index in [1.807, 2.05) is 13.0 Å². The van der Waals surface area contributed by atoms with E-state index in [9.17, 15) is 0 Å². The number of rotatable bonds is 2. The Morgan fingerprint density at radius 2 is 2.50 bits per heavy atom. The quantitative estimate of drug-likeness (QED) is 0.652. The standard InChI is InChI=1S/C9H8ClNO/c1-3-6-12-9-8(10)7(2)4-5-11-9/h1,4-5H,6H2,2H3. The maximum atomic E-state index is 5.87. The molecule has 12 heavy (non-hydrogen) atoms. The molecule has 1 rings (SSSR count). The molecule has 0 N–H and O–H groups in total. The molecule has 0 amide bonds. The maximum absolute atomic E-state index is 5.87. The Morgan fingerprint density at radius 1 is 1.75 bits per heavy atom. The van der Waals surface area contributed by atoms with Gasteiger partial charge in [-0.15, -0.1) is 6.42 Å². The van der Waals surface area contributed by atoms with Crippen LogP contribution < -0.4 is 4.74 Å². The van der Waals surface area contributed by atoms with Crippen LogP contribution in [0.3, 0.4) is 0 Å². The van der Waals surface area contributed by atoms with E-state index in [4.69, 9.17) is 22.8 Å². The third-order valence-electron chi connectivity index (χ3n) is 1.34. The van der Waals surface area contributed by atoms with Crippen molar-refractivity contribution in [2.75, 3.05) is 6.61 Å². The molecule has 62 valence electrons. The van der Waals surface area contributed by atoms with E-state index >= 15 is 0 Å². The molecule has 0 unspecified atom stereocenters. The molecule has 0 bridgehead atoms. The van der Waals surface area contributed by atoms with E-state index in [0.717, 1.165) is 5.56 Å². The summed E-state index contributed by atoms with van der Waals surface area (Å²) in [6.45, 7) is 2.07. The van der Waals surface area contributed by atoms with Crippen molar-refractivity contribution in [2.45, 2.75) is 6.92 Å². The normalized spacial score (nSPS) is 9.08. The zero-order valence-corrected chi connectivity index (χ0v) is 7.43. The Balaban J connectivity index is 2.86. The lowest BCUT2D eigenvalue weighted by Gasteiger charge is -2.04. The van der Waals surface area contributed by atoms with Crippen molar-refractivity contribution < 1.29 is 4.74 Å². The van der Waals surface area contributed by atoms with Gasteiger partial charge in [0.25, 0.3) is 0 Å². The van der Waals surface area contributed by atoms with Crippen LogP contribution in [0.4, 0.5) is 0 Å². The fourth-order valence-corrected chi connectivity index (χ4v) is 0.892. The predicted octanol–water partition coefficient (Wildman–Crippen LogP) is 2.06. The fourth-order valence-electron chi connectivity index (χ4n) is 0.726. The van der Waals surface area contributed by atoms with Crippen molar-refractivity contribution in [2.24, 2.45) is 0 Å². The number of nitrogens with zero attached hydrogens (tertiary/aromatic N) is 1. The van der Waals surface area contributed by atoms with E-state index in [1.54, 1.807) is 6.20 Å². The van der Waals surface area contributed by atoms with Gasteiger partial charge < -0.3 is 4.74 Å². The highest BCUT2D eigenvalue weighted by Gasteiger charge is 2.03. The summed E-state index contributed by atoms with van der Waals surface area (Å²) in [5, 5.41) is 0.521. The molecule has 1 aromatic heterocycles. The summed E-state index contributed by atoms with van der Waals surface area (Å²) in [6.07, 6.45) is 6.65. The van der Waals surface area contributed by atoms with Crippen LogP contribution >= 0.6 is 11.6 Å². The third-order valence-corrected chi connectivity index (χ3v) is 1.80. The summed E-state index contributed by atoms with van der Waals surface area (Å²) in [5.74, 6) is 2.74. The lowest BCUT2D eigenvalue weighted by Crippen LogP contribution is -1.97. The number of hydrogen-bond acceptors (Lipinski definition) is 2. The largest absolute Gasteiger partial charge is 0.463 e. The van der Waals surface area contributed by atoms with Gasteiger partial charge in [-0.2, -0.15) is 0 Å². The Hall–Kier alpha value is -1.20. The van der Waals surface area contributed by atoms with Crippen LogP contribution in [0.25, 0.3) is 0 Å². The molecule has 0 fully saturated rings. The molecule has 1 heterocycles. The number of aromatic nitrogens is 1. The van der Waals surface area contributed by atoms with Gasteiger partial charge in [-0.1, -0.05) is 17.5 Å². The molecular weight excluding hydrogens is 174 g/mol. The minimum atomic E-state index is 0.191. The second-order valence-electron chi connectivity index (χ2n) is 2.24. The van der Waals surface area contributed by atoms with Crippen molar-refractivity contribution in [3.63, 3.8) is 0 Å². The first-order valence-corrected chi connectivity index (χ1v) is 3.81. The molecular formula is C9H8ClNO. The average Bonchev–Trinajstić information content (AvgIpc) is 2.08. The van der Waals surface area contributed by atoms with Crippen molar-refractivity contribution in [1.82, 2.24) is 4.98 Å². The van der Waals surface area contributed by atoms with Crippen LogP contribution in [0.2, 0.25) is 5.02 Å². The third kappa shape index (κ3) is 1.90. The summed E-state index contributed by atoms with van der Waals surface area (Å²) in [7, 11) is 0. The topological polar surface area (TPSA) is 22.1 Å². The molecule has 0 aromatic carbocycles. The van der Waals surface area contributed by atoms with Crippen molar-refractivity contribution in [3.05, 3.63) is 22.8 Å². The van der Waals surface area contributed by atoms with Gasteiger partial charge in [0.2, 0.25) is 5.88 Å². The summed E-state index contributed by atoms with van der Waals surface area (Å²) in [4.78, 5) is 3.93. The van der Waals surface area contributed by atoms with Crippen molar-refractivity contribution in [3.8, 4) is 18.2 Å². The summed E-state index contributed by atoms with van der Waals surface area (Å²) < 4.78 is 5.09. The van der Waals surface area contributed by atoms with E-state index in [2.05, 4.69) is 10.9 Å². The lowest BCUT2D eigenvalue weighted by molar-refractivity contribution is 0.355. The van der Waals surface area contributed by atoms with Crippen LogP contribution in [-0.2, 0) is 0 Å². The first-order valence-electron chi connectivity index (χ1n) is 3.43. The lowest BCUT2D eigenvalue weighted by atomic mass is 10.3. The molecule has 0 spiro atoms. The Morgan fingerprint density at radius 3 is 3.17 bits per heavy atom. The number of pyridine rings is 1. The van der Waals surface area contributed by atoms with Gasteiger partial charge in [0.15, 0.2) is 6.61 Å². The number of halogens is 1. The highest BCUT2D eigenvalue weighted by Crippen LogP contribution is 2.24. The number of ether oxygens (including phenoxy) is 1. The van der Waals surface area contributed by atoms with Gasteiger partial charge in [-0.05, 0) is 18.6 Å². The zero-order chi connectivity index (χ0) is 8.97. The predicted molar refractivity (Wildman–Crippen MR) is 48.3 cm³/mol. The van der Waals surface area contributed by atoms with E-state index in [-0.39, 0.29) is 6.61 Å². The van der Waals surface area contributed by atoms with E-state index in [0.29, 0.717) is 10.9 Å². The molecule has 2 nitrogen and oxygen atoms in total. The van der Waals surface area contributed by atoms with Gasteiger partial charge in [0.1, 0.15) is 5.02 Å². The van der Waals surface area contributed by atoms with E-state index < -0.39 is 0 Å². The van der Waals surface area contributed by atoms with Crippen LogP contribution in [0.1, 0.15) is 5.56 Å².